The maximum absolute atomic E-state index is 13.5. The third kappa shape index (κ3) is 7.03. The summed E-state index contributed by atoms with van der Waals surface area (Å²) in [5, 5.41) is 2.79. The van der Waals surface area contributed by atoms with E-state index in [0.717, 1.165) is 14.2 Å². The number of nitrogens with zero attached hydrogens (tertiary/aromatic N) is 3. The second-order valence-electron chi connectivity index (χ2n) is 7.77. The average molecular weight is 475 g/mol. The summed E-state index contributed by atoms with van der Waals surface area (Å²) < 4.78 is 28.2. The van der Waals surface area contributed by atoms with E-state index >= 15 is 0 Å². The third-order valence-electron chi connectivity index (χ3n) is 5.28. The van der Waals surface area contributed by atoms with Gasteiger partial charge in [-0.05, 0) is 37.5 Å². The van der Waals surface area contributed by atoms with Crippen molar-refractivity contribution in [3.8, 4) is 0 Å². The van der Waals surface area contributed by atoms with E-state index in [-0.39, 0.29) is 5.91 Å². The molecule has 0 saturated heterocycles. The lowest BCUT2D eigenvalue weighted by atomic mass is 10.1. The molecule has 9 heteroatoms. The quantitative estimate of drug-likeness (QED) is 0.511. The second-order valence-corrected chi connectivity index (χ2v) is 9.84. The number of amides is 2. The lowest BCUT2D eigenvalue weighted by molar-refractivity contribution is -0.139. The van der Waals surface area contributed by atoms with Crippen LogP contribution in [0.25, 0.3) is 0 Å². The maximum Gasteiger partial charge on any atom is 0.304 e. The molecule has 0 aromatic heterocycles. The predicted molar refractivity (Wildman–Crippen MR) is 131 cm³/mol. The molecule has 2 aromatic carbocycles. The molecule has 180 valence electrons. The van der Waals surface area contributed by atoms with Crippen LogP contribution in [-0.4, -0.2) is 69.2 Å². The summed E-state index contributed by atoms with van der Waals surface area (Å²) in [5.74, 6) is -0.679. The molecule has 2 amide bonds. The molecule has 0 aliphatic heterocycles. The monoisotopic (exact) mass is 474 g/mol. The Bertz CT molecular complexity index is 998. The molecule has 0 aliphatic rings. The van der Waals surface area contributed by atoms with E-state index < -0.39 is 28.7 Å². The predicted octanol–water partition coefficient (Wildman–Crippen LogP) is 2.29. The standard InChI is InChI=1S/C24H34N4O4S/c1-5-22(24(30)25-6-2)27(18-17-20-13-9-7-10-14-20)23(29)19-28(33(31,32)26(3)4)21-15-11-8-12-16-21/h7-16,22H,5-6,17-19H2,1-4H3,(H,25,30). The summed E-state index contributed by atoms with van der Waals surface area (Å²) in [6.07, 6.45) is 0.965. The highest BCUT2D eigenvalue weighted by molar-refractivity contribution is 7.90. The first kappa shape index (κ1) is 26.3. The van der Waals surface area contributed by atoms with E-state index in [0.29, 0.717) is 31.6 Å². The number of carbonyl (C=O) groups excluding carboxylic acids is 2. The molecule has 0 heterocycles. The minimum absolute atomic E-state index is 0.247. The molecule has 1 N–H and O–H groups in total. The fourth-order valence-electron chi connectivity index (χ4n) is 3.50. The first-order valence-electron chi connectivity index (χ1n) is 11.1. The molecule has 33 heavy (non-hydrogen) atoms. The summed E-state index contributed by atoms with van der Waals surface area (Å²) in [6.45, 7) is 4.00. The molecule has 1 unspecified atom stereocenters. The van der Waals surface area contributed by atoms with Gasteiger partial charge in [-0.3, -0.25) is 9.59 Å². The van der Waals surface area contributed by atoms with Crippen LogP contribution in [0.2, 0.25) is 0 Å². The number of para-hydroxylation sites is 1. The van der Waals surface area contributed by atoms with Crippen LogP contribution in [0.3, 0.4) is 0 Å². The van der Waals surface area contributed by atoms with Crippen molar-refractivity contribution >= 4 is 27.7 Å². The Morgan fingerprint density at radius 2 is 1.52 bits per heavy atom. The van der Waals surface area contributed by atoms with E-state index in [2.05, 4.69) is 5.32 Å². The van der Waals surface area contributed by atoms with Crippen LogP contribution in [0.15, 0.2) is 60.7 Å². The van der Waals surface area contributed by atoms with Gasteiger partial charge in [-0.15, -0.1) is 0 Å². The van der Waals surface area contributed by atoms with Crippen LogP contribution >= 0.6 is 0 Å². The molecular formula is C24H34N4O4S. The number of benzene rings is 2. The summed E-state index contributed by atoms with van der Waals surface area (Å²) in [6, 6.07) is 17.5. The molecular weight excluding hydrogens is 440 g/mol. The maximum atomic E-state index is 13.5. The highest BCUT2D eigenvalue weighted by atomic mass is 32.2. The van der Waals surface area contributed by atoms with Crippen molar-refractivity contribution in [3.63, 3.8) is 0 Å². The number of likely N-dealkylation sites (N-methyl/N-ethyl adjacent to an activating group) is 1. The average Bonchev–Trinajstić information content (AvgIpc) is 2.81. The van der Waals surface area contributed by atoms with E-state index in [1.807, 2.05) is 44.2 Å². The van der Waals surface area contributed by atoms with Crippen molar-refractivity contribution in [1.82, 2.24) is 14.5 Å². The molecule has 0 aliphatic carbocycles. The van der Waals surface area contributed by atoms with Crippen molar-refractivity contribution in [2.45, 2.75) is 32.7 Å². The third-order valence-corrected chi connectivity index (χ3v) is 7.10. The summed E-state index contributed by atoms with van der Waals surface area (Å²) in [4.78, 5) is 27.8. The Balaban J connectivity index is 2.38. The van der Waals surface area contributed by atoms with E-state index in [1.165, 1.54) is 19.0 Å². The number of anilines is 1. The molecule has 0 spiro atoms. The van der Waals surface area contributed by atoms with Gasteiger partial charge in [-0.25, -0.2) is 4.31 Å². The Morgan fingerprint density at radius 1 is 0.939 bits per heavy atom. The molecule has 2 aromatic rings. The van der Waals surface area contributed by atoms with Gasteiger partial charge in [0.15, 0.2) is 0 Å². The smallest absolute Gasteiger partial charge is 0.304 e. The van der Waals surface area contributed by atoms with Gasteiger partial charge < -0.3 is 10.2 Å². The van der Waals surface area contributed by atoms with Gasteiger partial charge >= 0.3 is 10.2 Å². The van der Waals surface area contributed by atoms with Gasteiger partial charge in [-0.1, -0.05) is 55.5 Å². The first-order valence-corrected chi connectivity index (χ1v) is 12.5. The Labute approximate surface area is 197 Å². The molecule has 0 fully saturated rings. The molecule has 0 bridgehead atoms. The van der Waals surface area contributed by atoms with Crippen molar-refractivity contribution in [2.24, 2.45) is 0 Å². The van der Waals surface area contributed by atoms with Crippen molar-refractivity contribution < 1.29 is 18.0 Å². The number of hydrogen-bond donors (Lipinski definition) is 1. The lowest BCUT2D eigenvalue weighted by Crippen LogP contribution is -2.54. The van der Waals surface area contributed by atoms with E-state index in [4.69, 9.17) is 0 Å². The van der Waals surface area contributed by atoms with E-state index in [1.54, 1.807) is 30.3 Å². The highest BCUT2D eigenvalue weighted by Gasteiger charge is 2.33. The van der Waals surface area contributed by atoms with Gasteiger partial charge in [0.25, 0.3) is 0 Å². The Morgan fingerprint density at radius 3 is 2.03 bits per heavy atom. The number of hydrogen-bond acceptors (Lipinski definition) is 4. The van der Waals surface area contributed by atoms with Gasteiger partial charge in [0.1, 0.15) is 12.6 Å². The van der Waals surface area contributed by atoms with Crippen molar-refractivity contribution in [2.75, 3.05) is 38.0 Å². The Kier molecular flexibility index (Phi) is 9.87. The number of carbonyl (C=O) groups is 2. The summed E-state index contributed by atoms with van der Waals surface area (Å²) in [7, 11) is -1.09. The summed E-state index contributed by atoms with van der Waals surface area (Å²) >= 11 is 0. The SMILES string of the molecule is CCNC(=O)C(CC)N(CCc1ccccc1)C(=O)CN(c1ccccc1)S(=O)(=O)N(C)C. The second kappa shape index (κ2) is 12.4. The van der Waals surface area contributed by atoms with Crippen LogP contribution in [0, 0.1) is 0 Å². The van der Waals surface area contributed by atoms with Crippen LogP contribution in [0.5, 0.6) is 0 Å². The van der Waals surface area contributed by atoms with Crippen LogP contribution in [0.4, 0.5) is 5.69 Å². The summed E-state index contributed by atoms with van der Waals surface area (Å²) in [5.41, 5.74) is 1.41. The van der Waals surface area contributed by atoms with E-state index in [9.17, 15) is 18.0 Å². The molecule has 0 radical (unpaired) electrons. The fourth-order valence-corrected chi connectivity index (χ4v) is 4.56. The number of rotatable bonds is 12. The zero-order valence-electron chi connectivity index (χ0n) is 19.8. The minimum Gasteiger partial charge on any atom is -0.355 e. The largest absolute Gasteiger partial charge is 0.355 e. The first-order chi connectivity index (χ1) is 15.7. The lowest BCUT2D eigenvalue weighted by Gasteiger charge is -2.33. The van der Waals surface area contributed by atoms with Gasteiger partial charge in [-0.2, -0.15) is 12.7 Å². The van der Waals surface area contributed by atoms with Crippen LogP contribution in [-0.2, 0) is 26.2 Å². The molecule has 1 atom stereocenters. The molecule has 0 saturated carbocycles. The number of nitrogens with one attached hydrogen (secondary N) is 1. The minimum atomic E-state index is -3.93. The van der Waals surface area contributed by atoms with Crippen molar-refractivity contribution in [3.05, 3.63) is 66.2 Å². The molecule has 2 rings (SSSR count). The van der Waals surface area contributed by atoms with Crippen LogP contribution in [0.1, 0.15) is 25.8 Å². The van der Waals surface area contributed by atoms with Gasteiger partial charge in [0.2, 0.25) is 11.8 Å². The Hall–Kier alpha value is -2.91. The van der Waals surface area contributed by atoms with Crippen molar-refractivity contribution in [1.29, 1.82) is 0 Å². The van der Waals surface area contributed by atoms with Crippen LogP contribution < -0.4 is 9.62 Å². The normalized spacial score (nSPS) is 12.3. The zero-order valence-corrected chi connectivity index (χ0v) is 20.6. The topological polar surface area (TPSA) is 90.0 Å². The fraction of sp³-hybridized carbons (Fsp3) is 0.417. The van der Waals surface area contributed by atoms with Gasteiger partial charge in [0.05, 0.1) is 5.69 Å². The highest BCUT2D eigenvalue weighted by Crippen LogP contribution is 2.20. The molecule has 8 nitrogen and oxygen atoms in total. The zero-order chi connectivity index (χ0) is 24.4. The van der Waals surface area contributed by atoms with Gasteiger partial charge in [0, 0.05) is 27.2 Å².